The average molecular weight is 217 g/mol. The van der Waals surface area contributed by atoms with Gasteiger partial charge in [0.05, 0.1) is 0 Å². The van der Waals surface area contributed by atoms with Crippen molar-refractivity contribution in [2.24, 2.45) is 0 Å². The summed E-state index contributed by atoms with van der Waals surface area (Å²) in [5, 5.41) is 11.6. The van der Waals surface area contributed by atoms with Gasteiger partial charge in [0.1, 0.15) is 0 Å². The van der Waals surface area contributed by atoms with E-state index in [2.05, 4.69) is 5.32 Å². The summed E-state index contributed by atoms with van der Waals surface area (Å²) in [4.78, 5) is 11.4. The molecule has 2 N–H and O–H groups in total. The first-order valence-electron chi connectivity index (χ1n) is 5.31. The lowest BCUT2D eigenvalue weighted by Gasteiger charge is -2.22. The Bertz CT molecular complexity index is 170. The number of rotatable bonds is 5. The van der Waals surface area contributed by atoms with Crippen LogP contribution in [0.15, 0.2) is 0 Å². The second-order valence-corrected chi connectivity index (χ2v) is 4.81. The Balaban J connectivity index is 2.06. The largest absolute Gasteiger partial charge is 0.396 e. The van der Waals surface area contributed by atoms with E-state index in [0.717, 1.165) is 25.0 Å². The summed E-state index contributed by atoms with van der Waals surface area (Å²) in [6, 6.07) is 0.385. The zero-order valence-corrected chi connectivity index (χ0v) is 9.31. The molecule has 0 radical (unpaired) electrons. The van der Waals surface area contributed by atoms with Crippen LogP contribution in [0.5, 0.6) is 0 Å². The maximum absolute atomic E-state index is 11.4. The molecule has 3 nitrogen and oxygen atoms in total. The van der Waals surface area contributed by atoms with E-state index in [9.17, 15) is 4.79 Å². The number of nitrogens with one attached hydrogen (secondary N) is 1. The van der Waals surface area contributed by atoms with Crippen molar-refractivity contribution in [1.29, 1.82) is 0 Å². The van der Waals surface area contributed by atoms with E-state index in [0.29, 0.717) is 12.5 Å². The lowest BCUT2D eigenvalue weighted by atomic mass is 10.1. The van der Waals surface area contributed by atoms with Crippen LogP contribution in [0.4, 0.5) is 0 Å². The summed E-state index contributed by atoms with van der Waals surface area (Å²) in [7, 11) is 0. The first-order valence-corrected chi connectivity index (χ1v) is 6.46. The van der Waals surface area contributed by atoms with Crippen LogP contribution in [-0.2, 0) is 4.79 Å². The molecule has 0 aromatic heterocycles. The number of unbranched alkanes of at least 4 members (excludes halogenated alkanes) is 1. The van der Waals surface area contributed by atoms with Crippen LogP contribution < -0.4 is 5.32 Å². The number of amides is 1. The molecule has 0 spiro atoms. The third-order valence-electron chi connectivity index (χ3n) is 2.34. The van der Waals surface area contributed by atoms with E-state index in [4.69, 9.17) is 5.11 Å². The standard InChI is InChI=1S/C10H19NO2S/c12-6-2-1-5-10(13)11-9-4-3-7-14-8-9/h9,12H,1-8H2,(H,11,13). The highest BCUT2D eigenvalue weighted by Gasteiger charge is 2.15. The Hall–Kier alpha value is -0.220. The molecule has 0 aromatic carbocycles. The van der Waals surface area contributed by atoms with Crippen molar-refractivity contribution in [1.82, 2.24) is 5.32 Å². The first kappa shape index (κ1) is 11.9. The van der Waals surface area contributed by atoms with E-state index < -0.39 is 0 Å². The Morgan fingerprint density at radius 1 is 1.50 bits per heavy atom. The van der Waals surface area contributed by atoms with E-state index in [1.54, 1.807) is 0 Å². The van der Waals surface area contributed by atoms with Crippen LogP contribution in [0.3, 0.4) is 0 Å². The molecule has 1 unspecified atom stereocenters. The fourth-order valence-corrected chi connectivity index (χ4v) is 2.62. The molecule has 0 bridgehead atoms. The zero-order valence-electron chi connectivity index (χ0n) is 8.50. The molecule has 1 atom stereocenters. The smallest absolute Gasteiger partial charge is 0.220 e. The van der Waals surface area contributed by atoms with Crippen molar-refractivity contribution in [3.63, 3.8) is 0 Å². The average Bonchev–Trinajstić information content (AvgIpc) is 2.20. The summed E-state index contributed by atoms with van der Waals surface area (Å²) in [5.41, 5.74) is 0. The van der Waals surface area contributed by atoms with Gasteiger partial charge in [-0.1, -0.05) is 0 Å². The van der Waals surface area contributed by atoms with E-state index in [1.165, 1.54) is 12.2 Å². The minimum Gasteiger partial charge on any atom is -0.396 e. The maximum atomic E-state index is 11.4. The zero-order chi connectivity index (χ0) is 10.2. The molecule has 4 heteroatoms. The molecule has 14 heavy (non-hydrogen) atoms. The molecule has 1 saturated heterocycles. The number of carbonyl (C=O) groups is 1. The minimum absolute atomic E-state index is 0.144. The second-order valence-electron chi connectivity index (χ2n) is 3.66. The van der Waals surface area contributed by atoms with Gasteiger partial charge in [0, 0.05) is 24.8 Å². The quantitative estimate of drug-likeness (QED) is 0.679. The SMILES string of the molecule is O=C(CCCCO)NC1CCCSC1. The van der Waals surface area contributed by atoms with Gasteiger partial charge in [0.2, 0.25) is 5.91 Å². The fraction of sp³-hybridized carbons (Fsp3) is 0.900. The second kappa shape index (κ2) is 7.12. The van der Waals surface area contributed by atoms with Gasteiger partial charge in [0.25, 0.3) is 0 Å². The van der Waals surface area contributed by atoms with E-state index in [-0.39, 0.29) is 12.5 Å². The van der Waals surface area contributed by atoms with E-state index >= 15 is 0 Å². The monoisotopic (exact) mass is 217 g/mol. The Labute approximate surface area is 89.6 Å². The van der Waals surface area contributed by atoms with Gasteiger partial charge in [-0.05, 0) is 31.4 Å². The number of carbonyl (C=O) groups excluding carboxylic acids is 1. The van der Waals surface area contributed by atoms with Gasteiger partial charge >= 0.3 is 0 Å². The number of hydrogen-bond acceptors (Lipinski definition) is 3. The molecule has 0 saturated carbocycles. The number of aliphatic hydroxyl groups excluding tert-OH is 1. The van der Waals surface area contributed by atoms with Crippen molar-refractivity contribution in [3.05, 3.63) is 0 Å². The van der Waals surface area contributed by atoms with Crippen LogP contribution in [0, 0.1) is 0 Å². The molecule has 1 heterocycles. The van der Waals surface area contributed by atoms with Gasteiger partial charge in [-0.3, -0.25) is 4.79 Å². The molecular formula is C10H19NO2S. The van der Waals surface area contributed by atoms with Crippen LogP contribution in [-0.4, -0.2) is 35.2 Å². The molecule has 1 aliphatic heterocycles. The number of hydrogen-bond donors (Lipinski definition) is 2. The molecule has 0 aliphatic carbocycles. The maximum Gasteiger partial charge on any atom is 0.220 e. The summed E-state index contributed by atoms with van der Waals surface area (Å²) >= 11 is 1.92. The summed E-state index contributed by atoms with van der Waals surface area (Å²) < 4.78 is 0. The topological polar surface area (TPSA) is 49.3 Å². The number of aliphatic hydroxyl groups is 1. The van der Waals surface area contributed by atoms with Crippen molar-refractivity contribution >= 4 is 17.7 Å². The van der Waals surface area contributed by atoms with Gasteiger partial charge < -0.3 is 10.4 Å². The van der Waals surface area contributed by atoms with Gasteiger partial charge in [0.15, 0.2) is 0 Å². The Morgan fingerprint density at radius 3 is 3.00 bits per heavy atom. The van der Waals surface area contributed by atoms with E-state index in [1.807, 2.05) is 11.8 Å². The lowest BCUT2D eigenvalue weighted by molar-refractivity contribution is -0.121. The van der Waals surface area contributed by atoms with Crippen LogP contribution in [0.2, 0.25) is 0 Å². The molecular weight excluding hydrogens is 198 g/mol. The summed E-state index contributed by atoms with van der Waals surface area (Å²) in [5.74, 6) is 2.44. The van der Waals surface area contributed by atoms with Crippen molar-refractivity contribution in [3.8, 4) is 0 Å². The highest BCUT2D eigenvalue weighted by molar-refractivity contribution is 7.99. The van der Waals surface area contributed by atoms with Crippen molar-refractivity contribution in [2.45, 2.75) is 38.1 Å². The predicted octanol–water partition coefficient (Wildman–Crippen LogP) is 1.16. The van der Waals surface area contributed by atoms with Crippen molar-refractivity contribution in [2.75, 3.05) is 18.1 Å². The normalized spacial score (nSPS) is 21.9. The fourth-order valence-electron chi connectivity index (χ4n) is 1.55. The predicted molar refractivity (Wildman–Crippen MR) is 59.4 cm³/mol. The minimum atomic E-state index is 0.144. The Kier molecular flexibility index (Phi) is 6.03. The molecule has 1 fully saturated rings. The Morgan fingerprint density at radius 2 is 2.36 bits per heavy atom. The molecule has 1 amide bonds. The van der Waals surface area contributed by atoms with Crippen molar-refractivity contribution < 1.29 is 9.90 Å². The highest BCUT2D eigenvalue weighted by Crippen LogP contribution is 2.16. The molecule has 1 rings (SSSR count). The lowest BCUT2D eigenvalue weighted by Crippen LogP contribution is -2.38. The van der Waals surface area contributed by atoms with Gasteiger partial charge in [-0.25, -0.2) is 0 Å². The number of thioether (sulfide) groups is 1. The first-order chi connectivity index (χ1) is 6.83. The summed E-state index contributed by atoms with van der Waals surface area (Å²) in [6.45, 7) is 0.187. The third kappa shape index (κ3) is 4.86. The molecule has 0 aromatic rings. The van der Waals surface area contributed by atoms with Gasteiger partial charge in [-0.15, -0.1) is 0 Å². The molecule has 82 valence electrons. The highest BCUT2D eigenvalue weighted by atomic mass is 32.2. The van der Waals surface area contributed by atoms with Crippen LogP contribution in [0.1, 0.15) is 32.1 Å². The summed E-state index contributed by atoms with van der Waals surface area (Å²) in [6.07, 6.45) is 4.42. The van der Waals surface area contributed by atoms with Crippen LogP contribution >= 0.6 is 11.8 Å². The third-order valence-corrected chi connectivity index (χ3v) is 3.55. The van der Waals surface area contributed by atoms with Gasteiger partial charge in [-0.2, -0.15) is 11.8 Å². The molecule has 1 aliphatic rings. The van der Waals surface area contributed by atoms with Crippen LogP contribution in [0.25, 0.3) is 0 Å².